The fraction of sp³-hybridized carbons (Fsp3) is 0.571. The highest BCUT2D eigenvalue weighted by Gasteiger charge is 2.24. The first-order valence-electron chi connectivity index (χ1n) is 6.24. The minimum atomic E-state index is 0.276. The normalized spacial score (nSPS) is 23.9. The summed E-state index contributed by atoms with van der Waals surface area (Å²) in [7, 11) is 0. The molecule has 1 aromatic rings. The second kappa shape index (κ2) is 5.35. The lowest BCUT2D eigenvalue weighted by Crippen LogP contribution is -2.33. The van der Waals surface area contributed by atoms with Gasteiger partial charge in [-0.15, -0.1) is 0 Å². The van der Waals surface area contributed by atoms with Crippen molar-refractivity contribution in [3.8, 4) is 0 Å². The zero-order valence-corrected chi connectivity index (χ0v) is 9.95. The summed E-state index contributed by atoms with van der Waals surface area (Å²) >= 11 is 0. The van der Waals surface area contributed by atoms with E-state index in [-0.39, 0.29) is 6.61 Å². The van der Waals surface area contributed by atoms with Crippen molar-refractivity contribution >= 4 is 5.69 Å². The molecule has 1 aromatic carbocycles. The molecule has 2 N–H and O–H groups in total. The topological polar surface area (TPSA) is 32.3 Å². The molecule has 1 aliphatic carbocycles. The van der Waals surface area contributed by atoms with Crippen molar-refractivity contribution in [2.45, 2.75) is 38.6 Å². The lowest BCUT2D eigenvalue weighted by Gasteiger charge is -2.34. The van der Waals surface area contributed by atoms with E-state index in [2.05, 4.69) is 36.5 Å². The van der Waals surface area contributed by atoms with Crippen LogP contribution in [0.25, 0.3) is 0 Å². The van der Waals surface area contributed by atoms with Crippen LogP contribution in [0.4, 0.5) is 5.69 Å². The molecule has 0 spiro atoms. The molecule has 0 radical (unpaired) electrons. The Bertz CT molecular complexity index is 331. The van der Waals surface area contributed by atoms with Crippen molar-refractivity contribution in [1.29, 1.82) is 0 Å². The zero-order valence-electron chi connectivity index (χ0n) is 9.95. The molecular formula is C14H21NO. The number of nitrogens with one attached hydrogen (secondary N) is 1. The van der Waals surface area contributed by atoms with Crippen LogP contribution in [0, 0.1) is 5.92 Å². The summed E-state index contributed by atoms with van der Waals surface area (Å²) in [5, 5.41) is 12.4. The molecule has 0 aliphatic heterocycles. The fourth-order valence-corrected chi connectivity index (χ4v) is 2.36. The van der Waals surface area contributed by atoms with Gasteiger partial charge >= 0.3 is 0 Å². The first-order valence-corrected chi connectivity index (χ1v) is 6.24. The Morgan fingerprint density at radius 3 is 2.88 bits per heavy atom. The van der Waals surface area contributed by atoms with E-state index in [1.807, 2.05) is 0 Å². The van der Waals surface area contributed by atoms with Gasteiger partial charge in [0.2, 0.25) is 0 Å². The van der Waals surface area contributed by atoms with Gasteiger partial charge in [-0.3, -0.25) is 0 Å². The van der Waals surface area contributed by atoms with Gasteiger partial charge < -0.3 is 10.4 Å². The first kappa shape index (κ1) is 11.5. The average molecular weight is 219 g/mol. The third-order valence-electron chi connectivity index (χ3n) is 3.30. The molecule has 1 fully saturated rings. The van der Waals surface area contributed by atoms with Gasteiger partial charge in [0.15, 0.2) is 0 Å². The molecule has 1 saturated carbocycles. The molecule has 0 atom stereocenters. The van der Waals surface area contributed by atoms with Gasteiger partial charge in [0.25, 0.3) is 0 Å². The molecule has 88 valence electrons. The maximum absolute atomic E-state index is 8.80. The Labute approximate surface area is 97.7 Å². The Kier molecular flexibility index (Phi) is 3.83. The molecule has 0 heterocycles. The molecule has 0 bridgehead atoms. The Balaban J connectivity index is 1.88. The quantitative estimate of drug-likeness (QED) is 0.798. The van der Waals surface area contributed by atoms with Crippen molar-refractivity contribution in [3.05, 3.63) is 29.8 Å². The molecular weight excluding hydrogens is 198 g/mol. The van der Waals surface area contributed by atoms with E-state index in [0.29, 0.717) is 6.04 Å². The molecule has 1 aliphatic rings. The lowest BCUT2D eigenvalue weighted by molar-refractivity contribution is 0.288. The largest absolute Gasteiger partial charge is 0.396 e. The smallest absolute Gasteiger partial charge is 0.0434 e. The van der Waals surface area contributed by atoms with Crippen molar-refractivity contribution in [2.24, 2.45) is 5.92 Å². The highest BCUT2D eigenvalue weighted by molar-refractivity contribution is 5.47. The van der Waals surface area contributed by atoms with E-state index in [0.717, 1.165) is 18.8 Å². The van der Waals surface area contributed by atoms with Crippen molar-refractivity contribution in [2.75, 3.05) is 11.9 Å². The van der Waals surface area contributed by atoms with Crippen molar-refractivity contribution in [1.82, 2.24) is 0 Å². The van der Waals surface area contributed by atoms with Gasteiger partial charge in [-0.2, -0.15) is 0 Å². The van der Waals surface area contributed by atoms with Crippen LogP contribution < -0.4 is 5.32 Å². The van der Waals surface area contributed by atoms with E-state index < -0.39 is 0 Å². The highest BCUT2D eigenvalue weighted by atomic mass is 16.2. The summed E-state index contributed by atoms with van der Waals surface area (Å²) < 4.78 is 0. The van der Waals surface area contributed by atoms with E-state index in [1.54, 1.807) is 0 Å². The van der Waals surface area contributed by atoms with Crippen LogP contribution in [0.2, 0.25) is 0 Å². The third-order valence-corrected chi connectivity index (χ3v) is 3.30. The molecule has 2 rings (SSSR count). The fourth-order valence-electron chi connectivity index (χ4n) is 2.36. The van der Waals surface area contributed by atoms with Gasteiger partial charge in [-0.1, -0.05) is 19.1 Å². The predicted octanol–water partition coefficient (Wildman–Crippen LogP) is 2.82. The summed E-state index contributed by atoms with van der Waals surface area (Å²) in [6.07, 6.45) is 4.40. The number of aliphatic hydroxyl groups excluding tert-OH is 1. The van der Waals surface area contributed by atoms with Gasteiger partial charge in [-0.25, -0.2) is 0 Å². The zero-order chi connectivity index (χ0) is 11.4. The van der Waals surface area contributed by atoms with Crippen molar-refractivity contribution in [3.63, 3.8) is 0 Å². The minimum Gasteiger partial charge on any atom is -0.396 e. The van der Waals surface area contributed by atoms with Crippen LogP contribution in [0.1, 0.15) is 31.7 Å². The number of rotatable bonds is 5. The molecule has 0 saturated heterocycles. The lowest BCUT2D eigenvalue weighted by atomic mass is 9.82. The summed E-state index contributed by atoms with van der Waals surface area (Å²) in [6, 6.07) is 9.23. The number of aliphatic hydroxyl groups is 1. The monoisotopic (exact) mass is 219 g/mol. The average Bonchev–Trinajstić information content (AvgIpc) is 2.25. The summed E-state index contributed by atoms with van der Waals surface area (Å²) in [5.41, 5.74) is 2.54. The minimum absolute atomic E-state index is 0.276. The van der Waals surface area contributed by atoms with Crippen LogP contribution in [-0.2, 0) is 6.42 Å². The summed E-state index contributed by atoms with van der Waals surface area (Å²) in [4.78, 5) is 0. The van der Waals surface area contributed by atoms with Gasteiger partial charge in [0.1, 0.15) is 0 Å². The second-order valence-electron chi connectivity index (χ2n) is 4.95. The Morgan fingerprint density at radius 2 is 2.19 bits per heavy atom. The molecule has 0 unspecified atom stereocenters. The molecule has 0 aromatic heterocycles. The Morgan fingerprint density at radius 1 is 1.38 bits per heavy atom. The number of benzene rings is 1. The van der Waals surface area contributed by atoms with Gasteiger partial charge in [0.05, 0.1) is 0 Å². The molecule has 2 heteroatoms. The summed E-state index contributed by atoms with van der Waals surface area (Å²) in [5.74, 6) is 0.884. The van der Waals surface area contributed by atoms with Crippen LogP contribution in [0.5, 0.6) is 0 Å². The number of anilines is 1. The molecule has 0 amide bonds. The number of aryl methyl sites for hydroxylation is 1. The van der Waals surface area contributed by atoms with Crippen molar-refractivity contribution < 1.29 is 5.11 Å². The number of hydrogen-bond acceptors (Lipinski definition) is 2. The standard InChI is InChI=1S/C14H21NO/c1-11-8-14(9-11)15-13-6-2-4-12(10-13)5-3-7-16/h2,4,6,10-11,14-16H,3,5,7-9H2,1H3. The first-order chi connectivity index (χ1) is 7.78. The molecule has 16 heavy (non-hydrogen) atoms. The van der Waals surface area contributed by atoms with E-state index >= 15 is 0 Å². The van der Waals surface area contributed by atoms with Crippen LogP contribution >= 0.6 is 0 Å². The van der Waals surface area contributed by atoms with Crippen LogP contribution in [-0.4, -0.2) is 17.8 Å². The predicted molar refractivity (Wildman–Crippen MR) is 67.7 cm³/mol. The highest BCUT2D eigenvalue weighted by Crippen LogP contribution is 2.29. The van der Waals surface area contributed by atoms with Gasteiger partial charge in [-0.05, 0) is 49.3 Å². The molecule has 2 nitrogen and oxygen atoms in total. The SMILES string of the molecule is CC1CC(Nc2cccc(CCCO)c2)C1. The maximum atomic E-state index is 8.80. The maximum Gasteiger partial charge on any atom is 0.0434 e. The summed E-state index contributed by atoms with van der Waals surface area (Å²) in [6.45, 7) is 2.58. The Hall–Kier alpha value is -1.02. The van der Waals surface area contributed by atoms with E-state index in [4.69, 9.17) is 5.11 Å². The van der Waals surface area contributed by atoms with E-state index in [1.165, 1.54) is 24.1 Å². The van der Waals surface area contributed by atoms with Gasteiger partial charge in [0, 0.05) is 18.3 Å². The number of hydrogen-bond donors (Lipinski definition) is 2. The second-order valence-corrected chi connectivity index (χ2v) is 4.95. The third kappa shape index (κ3) is 2.99. The van der Waals surface area contributed by atoms with Crippen LogP contribution in [0.15, 0.2) is 24.3 Å². The van der Waals surface area contributed by atoms with Crippen LogP contribution in [0.3, 0.4) is 0 Å². The van der Waals surface area contributed by atoms with E-state index in [9.17, 15) is 0 Å².